The molecule has 1 N–H and O–H groups in total. The van der Waals surface area contributed by atoms with Gasteiger partial charge >= 0.3 is 12.1 Å². The monoisotopic (exact) mass is 366 g/mol. The summed E-state index contributed by atoms with van der Waals surface area (Å²) in [5, 5.41) is 13.6. The van der Waals surface area contributed by atoms with E-state index in [2.05, 4.69) is 30.3 Å². The van der Waals surface area contributed by atoms with Crippen LogP contribution in [-0.2, 0) is 12.7 Å². The van der Waals surface area contributed by atoms with Crippen molar-refractivity contribution in [1.29, 1.82) is 0 Å². The second-order valence-corrected chi connectivity index (χ2v) is 5.28. The summed E-state index contributed by atoms with van der Waals surface area (Å²) in [5.74, 6) is -1.85. The molecule has 0 bridgehead atoms. The van der Waals surface area contributed by atoms with Gasteiger partial charge in [-0.05, 0) is 12.5 Å². The molecule has 0 saturated carbocycles. The van der Waals surface area contributed by atoms with Crippen LogP contribution in [0.25, 0.3) is 11.4 Å². The molecule has 3 rings (SSSR count). The van der Waals surface area contributed by atoms with E-state index in [1.54, 1.807) is 31.2 Å². The summed E-state index contributed by atoms with van der Waals surface area (Å²) in [5.41, 5.74) is 1.39. The number of alkyl halides is 3. The minimum Gasteiger partial charge on any atom is -0.351 e. The molecule has 1 aromatic carbocycles. The number of nitrogens with one attached hydrogen (secondary N) is 1. The molecule has 8 nitrogen and oxygen atoms in total. The van der Waals surface area contributed by atoms with Crippen LogP contribution in [0.2, 0.25) is 0 Å². The van der Waals surface area contributed by atoms with Crippen LogP contribution in [0.4, 0.5) is 13.2 Å². The van der Waals surface area contributed by atoms with Crippen molar-refractivity contribution in [1.82, 2.24) is 30.5 Å². The van der Waals surface area contributed by atoms with E-state index in [1.807, 2.05) is 0 Å². The number of carbonyl (C=O) groups excluding carboxylic acids is 1. The van der Waals surface area contributed by atoms with Crippen molar-refractivity contribution in [3.05, 3.63) is 47.6 Å². The quantitative estimate of drug-likeness (QED) is 0.743. The van der Waals surface area contributed by atoms with Gasteiger partial charge in [-0.25, -0.2) is 4.68 Å². The summed E-state index contributed by atoms with van der Waals surface area (Å²) in [6.45, 7) is 2.62. The summed E-state index contributed by atoms with van der Waals surface area (Å²) < 4.78 is 43.2. The molecule has 2 aromatic heterocycles. The lowest BCUT2D eigenvalue weighted by atomic mass is 10.1. The Morgan fingerprint density at radius 3 is 2.62 bits per heavy atom. The number of amides is 1. The molecule has 11 heteroatoms. The second-order valence-electron chi connectivity index (χ2n) is 5.28. The van der Waals surface area contributed by atoms with Crippen LogP contribution in [0, 0.1) is 0 Å². The van der Waals surface area contributed by atoms with Gasteiger partial charge in [-0.2, -0.15) is 18.2 Å². The minimum absolute atomic E-state index is 0.150. The van der Waals surface area contributed by atoms with Gasteiger partial charge in [-0.1, -0.05) is 34.6 Å². The van der Waals surface area contributed by atoms with Gasteiger partial charge in [0.15, 0.2) is 5.69 Å². The number of aromatic nitrogens is 5. The first-order valence-corrected chi connectivity index (χ1v) is 7.55. The van der Waals surface area contributed by atoms with Crippen LogP contribution in [0.15, 0.2) is 35.0 Å². The number of nitrogens with zero attached hydrogens (tertiary/aromatic N) is 5. The number of carbonyl (C=O) groups is 1. The lowest BCUT2D eigenvalue weighted by Crippen LogP contribution is -2.22. The van der Waals surface area contributed by atoms with Crippen LogP contribution < -0.4 is 5.32 Å². The average Bonchev–Trinajstić information content (AvgIpc) is 3.25. The second kappa shape index (κ2) is 6.94. The van der Waals surface area contributed by atoms with E-state index in [0.29, 0.717) is 18.7 Å². The zero-order chi connectivity index (χ0) is 18.7. The third-order valence-corrected chi connectivity index (χ3v) is 3.33. The van der Waals surface area contributed by atoms with Gasteiger partial charge in [0.2, 0.25) is 5.82 Å². The van der Waals surface area contributed by atoms with Crippen molar-refractivity contribution >= 4 is 5.91 Å². The van der Waals surface area contributed by atoms with Crippen LogP contribution in [0.5, 0.6) is 0 Å². The summed E-state index contributed by atoms with van der Waals surface area (Å²) in [4.78, 5) is 15.0. The molecular formula is C15H13F3N6O2. The molecule has 1 amide bonds. The third kappa shape index (κ3) is 3.87. The first kappa shape index (κ1) is 17.6. The van der Waals surface area contributed by atoms with Crippen molar-refractivity contribution in [2.75, 3.05) is 6.54 Å². The van der Waals surface area contributed by atoms with Crippen molar-refractivity contribution in [3.63, 3.8) is 0 Å². The Morgan fingerprint density at radius 2 is 2.00 bits per heavy atom. The third-order valence-electron chi connectivity index (χ3n) is 3.33. The van der Waals surface area contributed by atoms with Gasteiger partial charge in [0.05, 0.1) is 12.7 Å². The maximum absolute atomic E-state index is 12.5. The van der Waals surface area contributed by atoms with Crippen molar-refractivity contribution in [2.24, 2.45) is 0 Å². The van der Waals surface area contributed by atoms with Gasteiger partial charge in [0.25, 0.3) is 5.91 Å². The lowest BCUT2D eigenvalue weighted by molar-refractivity contribution is -0.159. The lowest BCUT2D eigenvalue weighted by Gasteiger charge is -2.02. The Labute approximate surface area is 145 Å². The summed E-state index contributed by atoms with van der Waals surface area (Å²) in [7, 11) is 0. The van der Waals surface area contributed by atoms with Crippen molar-refractivity contribution in [3.8, 4) is 11.4 Å². The Morgan fingerprint density at radius 1 is 1.27 bits per heavy atom. The molecule has 0 fully saturated rings. The predicted molar refractivity (Wildman–Crippen MR) is 81.9 cm³/mol. The Balaban J connectivity index is 1.70. The molecule has 3 aromatic rings. The summed E-state index contributed by atoms with van der Waals surface area (Å²) in [6.07, 6.45) is -3.17. The molecule has 0 aliphatic heterocycles. The van der Waals surface area contributed by atoms with Crippen molar-refractivity contribution in [2.45, 2.75) is 19.6 Å². The van der Waals surface area contributed by atoms with Crippen LogP contribution in [-0.4, -0.2) is 37.6 Å². The van der Waals surface area contributed by atoms with Crippen LogP contribution in [0.3, 0.4) is 0 Å². The molecule has 2 heterocycles. The molecule has 0 spiro atoms. The molecule has 0 saturated heterocycles. The Bertz CT molecular complexity index is 901. The largest absolute Gasteiger partial charge is 0.471 e. The van der Waals surface area contributed by atoms with Gasteiger partial charge in [-0.3, -0.25) is 4.79 Å². The number of hydrogen-bond acceptors (Lipinski definition) is 6. The standard InChI is InChI=1S/C15H13F3N6O2/c1-2-19-13(25)11-8-24(23-21-11)7-9-3-5-10(6-4-9)12-20-14(26-22-12)15(16,17)18/h3-6,8H,2,7H2,1H3,(H,19,25). The fourth-order valence-corrected chi connectivity index (χ4v) is 2.13. The topological polar surface area (TPSA) is 98.7 Å². The van der Waals surface area contributed by atoms with E-state index < -0.39 is 12.1 Å². The molecular weight excluding hydrogens is 353 g/mol. The van der Waals surface area contributed by atoms with E-state index in [0.717, 1.165) is 5.56 Å². The van der Waals surface area contributed by atoms with Crippen LogP contribution >= 0.6 is 0 Å². The van der Waals surface area contributed by atoms with Gasteiger partial charge in [-0.15, -0.1) is 5.10 Å². The molecule has 0 aliphatic carbocycles. The van der Waals surface area contributed by atoms with Gasteiger partial charge < -0.3 is 9.84 Å². The first-order chi connectivity index (χ1) is 12.4. The highest BCUT2D eigenvalue weighted by atomic mass is 19.4. The highest BCUT2D eigenvalue weighted by Crippen LogP contribution is 2.29. The fourth-order valence-electron chi connectivity index (χ4n) is 2.13. The van der Waals surface area contributed by atoms with Gasteiger partial charge in [0.1, 0.15) is 0 Å². The smallest absolute Gasteiger partial charge is 0.351 e. The molecule has 136 valence electrons. The number of benzene rings is 1. The predicted octanol–water partition coefficient (Wildman–Crippen LogP) is 2.14. The molecule has 0 aliphatic rings. The SMILES string of the molecule is CCNC(=O)c1cn(Cc2ccc(-c3noc(C(F)(F)F)n3)cc2)nn1. The minimum atomic E-state index is -4.68. The van der Waals surface area contributed by atoms with E-state index in [4.69, 9.17) is 0 Å². The summed E-state index contributed by atoms with van der Waals surface area (Å²) in [6, 6.07) is 6.52. The fraction of sp³-hybridized carbons (Fsp3) is 0.267. The molecule has 0 atom stereocenters. The van der Waals surface area contributed by atoms with E-state index in [1.165, 1.54) is 10.9 Å². The first-order valence-electron chi connectivity index (χ1n) is 7.55. The Kier molecular flexibility index (Phi) is 4.69. The molecule has 26 heavy (non-hydrogen) atoms. The molecule has 0 radical (unpaired) electrons. The maximum Gasteiger partial charge on any atom is 0.471 e. The van der Waals surface area contributed by atoms with E-state index >= 15 is 0 Å². The van der Waals surface area contributed by atoms with Gasteiger partial charge in [0, 0.05) is 12.1 Å². The number of halogens is 3. The summed E-state index contributed by atoms with van der Waals surface area (Å²) >= 11 is 0. The normalized spacial score (nSPS) is 11.5. The number of rotatable bonds is 5. The van der Waals surface area contributed by atoms with E-state index in [-0.39, 0.29) is 17.4 Å². The van der Waals surface area contributed by atoms with Crippen LogP contribution in [0.1, 0.15) is 28.9 Å². The molecule has 0 unspecified atom stereocenters. The zero-order valence-corrected chi connectivity index (χ0v) is 13.5. The maximum atomic E-state index is 12.5. The highest BCUT2D eigenvalue weighted by Gasteiger charge is 2.38. The average molecular weight is 366 g/mol. The Hall–Kier alpha value is -3.24. The van der Waals surface area contributed by atoms with E-state index in [9.17, 15) is 18.0 Å². The zero-order valence-electron chi connectivity index (χ0n) is 13.5. The highest BCUT2D eigenvalue weighted by molar-refractivity contribution is 5.91. The number of hydrogen-bond donors (Lipinski definition) is 1. The van der Waals surface area contributed by atoms with Crippen molar-refractivity contribution < 1.29 is 22.5 Å².